The fraction of sp³-hybridized carbons (Fsp3) is 0.312. The van der Waals surface area contributed by atoms with Crippen molar-refractivity contribution in [2.45, 2.75) is 20.8 Å². The Morgan fingerprint density at radius 1 is 1.35 bits per heavy atom. The molecule has 0 unspecified atom stereocenters. The second-order valence-electron chi connectivity index (χ2n) is 6.19. The largest absolute Gasteiger partial charge is 0.497 e. The standard InChI is InChI=1S/C16H18N4O2S/c1-16(2,3)13(21)17-14-18-15-20(19-14)12(9-23-15)10-6-5-7-11(8-10)22-4/h5-9H,1-4H3,(H,17,19,21). The summed E-state index contributed by atoms with van der Waals surface area (Å²) >= 11 is 1.47. The van der Waals surface area contributed by atoms with E-state index in [1.807, 2.05) is 50.4 Å². The van der Waals surface area contributed by atoms with Gasteiger partial charge in [-0.05, 0) is 12.1 Å². The van der Waals surface area contributed by atoms with E-state index in [9.17, 15) is 4.79 Å². The van der Waals surface area contributed by atoms with E-state index in [1.54, 1.807) is 11.6 Å². The molecule has 0 saturated carbocycles. The maximum Gasteiger partial charge on any atom is 0.250 e. The van der Waals surface area contributed by atoms with Gasteiger partial charge < -0.3 is 4.74 Å². The molecule has 3 rings (SSSR count). The van der Waals surface area contributed by atoms with E-state index >= 15 is 0 Å². The van der Waals surface area contributed by atoms with Crippen molar-refractivity contribution in [3.63, 3.8) is 0 Å². The van der Waals surface area contributed by atoms with Crippen LogP contribution in [0, 0.1) is 5.41 Å². The molecule has 0 saturated heterocycles. The lowest BCUT2D eigenvalue weighted by Crippen LogP contribution is -2.28. The molecular weight excluding hydrogens is 312 g/mol. The maximum absolute atomic E-state index is 12.1. The normalized spacial score (nSPS) is 11.7. The summed E-state index contributed by atoms with van der Waals surface area (Å²) in [4.78, 5) is 17.1. The number of thiazole rings is 1. The maximum atomic E-state index is 12.1. The smallest absolute Gasteiger partial charge is 0.250 e. The van der Waals surface area contributed by atoms with Gasteiger partial charge in [-0.2, -0.15) is 4.98 Å². The molecule has 0 aliphatic rings. The van der Waals surface area contributed by atoms with E-state index in [0.717, 1.165) is 22.0 Å². The SMILES string of the molecule is COc1cccc(-c2csc3nc(NC(=O)C(C)(C)C)nn23)c1. The van der Waals surface area contributed by atoms with E-state index in [4.69, 9.17) is 4.74 Å². The Morgan fingerprint density at radius 2 is 2.13 bits per heavy atom. The highest BCUT2D eigenvalue weighted by Crippen LogP contribution is 2.28. The van der Waals surface area contributed by atoms with Gasteiger partial charge in [0.1, 0.15) is 5.75 Å². The van der Waals surface area contributed by atoms with Crippen LogP contribution in [0.4, 0.5) is 5.95 Å². The van der Waals surface area contributed by atoms with Crippen molar-refractivity contribution < 1.29 is 9.53 Å². The topological polar surface area (TPSA) is 68.5 Å². The second-order valence-corrected chi connectivity index (χ2v) is 7.02. The first kappa shape index (κ1) is 15.5. The highest BCUT2D eigenvalue weighted by Gasteiger charge is 2.23. The summed E-state index contributed by atoms with van der Waals surface area (Å²) in [6.45, 7) is 5.55. The molecule has 0 aliphatic carbocycles. The van der Waals surface area contributed by atoms with Gasteiger partial charge in [-0.15, -0.1) is 16.4 Å². The Kier molecular flexibility index (Phi) is 3.81. The molecule has 23 heavy (non-hydrogen) atoms. The Bertz CT molecular complexity index is 860. The average molecular weight is 330 g/mol. The number of nitrogens with zero attached hydrogens (tertiary/aromatic N) is 3. The van der Waals surface area contributed by atoms with Gasteiger partial charge in [0, 0.05) is 16.4 Å². The molecule has 120 valence electrons. The molecule has 0 fully saturated rings. The van der Waals surface area contributed by atoms with Crippen molar-refractivity contribution in [1.29, 1.82) is 0 Å². The average Bonchev–Trinajstić information content (AvgIpc) is 3.06. The lowest BCUT2D eigenvalue weighted by molar-refractivity contribution is -0.123. The first-order chi connectivity index (χ1) is 10.9. The summed E-state index contributed by atoms with van der Waals surface area (Å²) in [5, 5.41) is 9.15. The van der Waals surface area contributed by atoms with Gasteiger partial charge in [0.05, 0.1) is 12.8 Å². The number of benzene rings is 1. The van der Waals surface area contributed by atoms with Gasteiger partial charge >= 0.3 is 0 Å². The molecular formula is C16H18N4O2S. The van der Waals surface area contributed by atoms with Crippen molar-refractivity contribution in [2.75, 3.05) is 12.4 Å². The van der Waals surface area contributed by atoms with Gasteiger partial charge in [-0.3, -0.25) is 10.1 Å². The molecule has 0 radical (unpaired) electrons. The zero-order valence-corrected chi connectivity index (χ0v) is 14.3. The molecule has 1 N–H and O–H groups in total. The quantitative estimate of drug-likeness (QED) is 0.798. The van der Waals surface area contributed by atoms with E-state index in [0.29, 0.717) is 5.95 Å². The van der Waals surface area contributed by atoms with E-state index < -0.39 is 5.41 Å². The van der Waals surface area contributed by atoms with Gasteiger partial charge in [-0.25, -0.2) is 4.52 Å². The minimum absolute atomic E-state index is 0.112. The van der Waals surface area contributed by atoms with Crippen LogP contribution < -0.4 is 10.1 Å². The third-order valence-corrected chi connectivity index (χ3v) is 4.17. The van der Waals surface area contributed by atoms with Crippen molar-refractivity contribution in [3.05, 3.63) is 29.6 Å². The molecule has 6 nitrogen and oxygen atoms in total. The number of methoxy groups -OCH3 is 1. The van der Waals surface area contributed by atoms with Crippen LogP contribution in [-0.4, -0.2) is 27.6 Å². The highest BCUT2D eigenvalue weighted by molar-refractivity contribution is 7.15. The number of hydrogen-bond acceptors (Lipinski definition) is 5. The molecule has 0 spiro atoms. The summed E-state index contributed by atoms with van der Waals surface area (Å²) in [5.74, 6) is 0.989. The summed E-state index contributed by atoms with van der Waals surface area (Å²) in [6, 6.07) is 7.75. The number of nitrogens with one attached hydrogen (secondary N) is 1. The fourth-order valence-electron chi connectivity index (χ4n) is 2.00. The number of hydrogen-bond donors (Lipinski definition) is 1. The minimum Gasteiger partial charge on any atom is -0.497 e. The summed E-state index contributed by atoms with van der Waals surface area (Å²) in [7, 11) is 1.64. The number of ether oxygens (including phenoxy) is 1. The monoisotopic (exact) mass is 330 g/mol. The Morgan fingerprint density at radius 3 is 2.83 bits per heavy atom. The van der Waals surface area contributed by atoms with Crippen LogP contribution in [0.15, 0.2) is 29.6 Å². The number of amides is 1. The Labute approximate surface area is 138 Å². The van der Waals surface area contributed by atoms with Gasteiger partial charge in [0.2, 0.25) is 16.8 Å². The van der Waals surface area contributed by atoms with Crippen LogP contribution in [0.3, 0.4) is 0 Å². The third kappa shape index (κ3) is 3.05. The van der Waals surface area contributed by atoms with Gasteiger partial charge in [0.15, 0.2) is 0 Å². The molecule has 0 aliphatic heterocycles. The number of aromatic nitrogens is 3. The lowest BCUT2D eigenvalue weighted by Gasteiger charge is -2.15. The van der Waals surface area contributed by atoms with Crippen molar-refractivity contribution in [1.82, 2.24) is 14.6 Å². The molecule has 3 aromatic rings. The summed E-state index contributed by atoms with van der Waals surface area (Å²) in [5.41, 5.74) is 1.40. The van der Waals surface area contributed by atoms with Crippen LogP contribution in [0.1, 0.15) is 20.8 Å². The van der Waals surface area contributed by atoms with E-state index in [-0.39, 0.29) is 5.91 Å². The van der Waals surface area contributed by atoms with Crippen LogP contribution in [0.25, 0.3) is 16.2 Å². The second kappa shape index (κ2) is 5.66. The summed E-state index contributed by atoms with van der Waals surface area (Å²) < 4.78 is 7.00. The third-order valence-electron chi connectivity index (χ3n) is 3.35. The first-order valence-electron chi connectivity index (χ1n) is 7.18. The summed E-state index contributed by atoms with van der Waals surface area (Å²) in [6.07, 6.45) is 0. The molecule has 1 amide bonds. The van der Waals surface area contributed by atoms with Crippen LogP contribution >= 0.6 is 11.3 Å². The number of carbonyl (C=O) groups is 1. The molecule has 2 aromatic heterocycles. The minimum atomic E-state index is -0.492. The van der Waals surface area contributed by atoms with Crippen molar-refractivity contribution in [3.8, 4) is 17.0 Å². The number of rotatable bonds is 3. The van der Waals surface area contributed by atoms with Crippen molar-refractivity contribution in [2.24, 2.45) is 5.41 Å². The van der Waals surface area contributed by atoms with Gasteiger partial charge in [-0.1, -0.05) is 32.9 Å². The number of carbonyl (C=O) groups excluding carboxylic acids is 1. The van der Waals surface area contributed by atoms with Crippen LogP contribution in [-0.2, 0) is 4.79 Å². The highest BCUT2D eigenvalue weighted by atomic mass is 32.1. The first-order valence-corrected chi connectivity index (χ1v) is 8.06. The predicted octanol–water partition coefficient (Wildman–Crippen LogP) is 3.45. The molecule has 0 bridgehead atoms. The lowest BCUT2D eigenvalue weighted by atomic mass is 9.96. The van der Waals surface area contributed by atoms with Gasteiger partial charge in [0.25, 0.3) is 0 Å². The number of anilines is 1. The number of fused-ring (bicyclic) bond motifs is 1. The molecule has 2 heterocycles. The fourth-order valence-corrected chi connectivity index (χ4v) is 2.84. The molecule has 1 aromatic carbocycles. The molecule has 7 heteroatoms. The van der Waals surface area contributed by atoms with E-state index in [2.05, 4.69) is 15.4 Å². The Balaban J connectivity index is 1.96. The zero-order valence-electron chi connectivity index (χ0n) is 13.5. The molecule has 0 atom stereocenters. The van der Waals surface area contributed by atoms with Crippen molar-refractivity contribution >= 4 is 28.2 Å². The predicted molar refractivity (Wildman–Crippen MR) is 90.9 cm³/mol. The Hall–Kier alpha value is -2.41. The van der Waals surface area contributed by atoms with E-state index in [1.165, 1.54) is 11.3 Å². The van der Waals surface area contributed by atoms with Crippen LogP contribution in [0.5, 0.6) is 5.75 Å². The van der Waals surface area contributed by atoms with Crippen LogP contribution in [0.2, 0.25) is 0 Å². The zero-order chi connectivity index (χ0) is 16.6.